The highest BCUT2D eigenvalue weighted by Gasteiger charge is 2.26. The highest BCUT2D eigenvalue weighted by atomic mass is 15.3. The Hall–Kier alpha value is -1.78. The van der Waals surface area contributed by atoms with Crippen molar-refractivity contribution in [1.29, 1.82) is 0 Å². The minimum Gasteiger partial charge on any atom is -0.310 e. The number of hydrogen-bond acceptors (Lipinski definition) is 4. The summed E-state index contributed by atoms with van der Waals surface area (Å²) in [5.74, 6) is 0.869. The maximum absolute atomic E-state index is 4.08. The Kier molecular flexibility index (Phi) is 1.56. The summed E-state index contributed by atoms with van der Waals surface area (Å²) in [5.41, 5.74) is 0.928. The third-order valence-electron chi connectivity index (χ3n) is 2.33. The standard InChI is InChI=1S/C9H9N5/c1-2-8(1)14-6-12-13-9(14)7-3-10-5-11-4-7/h3-6,8H,1-2H2. The smallest absolute Gasteiger partial charge is 0.167 e. The van der Waals surface area contributed by atoms with Gasteiger partial charge in [-0.05, 0) is 12.8 Å². The third-order valence-corrected chi connectivity index (χ3v) is 2.33. The van der Waals surface area contributed by atoms with Crippen LogP contribution in [0.4, 0.5) is 0 Å². The number of nitrogens with zero attached hydrogens (tertiary/aromatic N) is 5. The Balaban J connectivity index is 2.07. The molecule has 1 aliphatic carbocycles. The first-order chi connectivity index (χ1) is 6.95. The van der Waals surface area contributed by atoms with Crippen molar-refractivity contribution >= 4 is 0 Å². The molecule has 2 aromatic rings. The molecular weight excluding hydrogens is 178 g/mol. The zero-order chi connectivity index (χ0) is 9.38. The number of hydrogen-bond donors (Lipinski definition) is 0. The molecule has 1 saturated carbocycles. The highest BCUT2D eigenvalue weighted by Crippen LogP contribution is 2.37. The molecule has 5 nitrogen and oxygen atoms in total. The zero-order valence-electron chi connectivity index (χ0n) is 7.54. The minimum atomic E-state index is 0.584. The van der Waals surface area contributed by atoms with Gasteiger partial charge in [0.1, 0.15) is 12.7 Å². The predicted octanol–water partition coefficient (Wildman–Crippen LogP) is 1.07. The van der Waals surface area contributed by atoms with Crippen LogP contribution in [0.3, 0.4) is 0 Å². The van der Waals surface area contributed by atoms with Crippen LogP contribution in [0.15, 0.2) is 25.0 Å². The van der Waals surface area contributed by atoms with Crippen LogP contribution >= 0.6 is 0 Å². The summed E-state index contributed by atoms with van der Waals surface area (Å²) in [7, 11) is 0. The predicted molar refractivity (Wildman–Crippen MR) is 49.3 cm³/mol. The Morgan fingerprint density at radius 2 is 2.00 bits per heavy atom. The van der Waals surface area contributed by atoms with E-state index >= 15 is 0 Å². The lowest BCUT2D eigenvalue weighted by atomic mass is 10.3. The molecule has 0 bridgehead atoms. The van der Waals surface area contributed by atoms with Gasteiger partial charge < -0.3 is 4.57 Å². The van der Waals surface area contributed by atoms with Gasteiger partial charge in [-0.3, -0.25) is 0 Å². The van der Waals surface area contributed by atoms with Crippen LogP contribution in [0.5, 0.6) is 0 Å². The average molecular weight is 187 g/mol. The van der Waals surface area contributed by atoms with E-state index in [1.807, 2.05) is 0 Å². The fraction of sp³-hybridized carbons (Fsp3) is 0.333. The summed E-state index contributed by atoms with van der Waals surface area (Å²) in [6.45, 7) is 0. The van der Waals surface area contributed by atoms with E-state index in [0.717, 1.165) is 11.4 Å². The molecule has 2 aromatic heterocycles. The average Bonchev–Trinajstić information content (AvgIpc) is 2.98. The van der Waals surface area contributed by atoms with E-state index in [1.165, 1.54) is 19.2 Å². The summed E-state index contributed by atoms with van der Waals surface area (Å²) >= 11 is 0. The first-order valence-electron chi connectivity index (χ1n) is 4.60. The molecule has 2 heterocycles. The van der Waals surface area contributed by atoms with Crippen LogP contribution in [0.2, 0.25) is 0 Å². The molecule has 70 valence electrons. The third kappa shape index (κ3) is 1.17. The van der Waals surface area contributed by atoms with E-state index in [1.54, 1.807) is 18.7 Å². The summed E-state index contributed by atoms with van der Waals surface area (Å²) in [5, 5.41) is 8.00. The van der Waals surface area contributed by atoms with Gasteiger partial charge in [-0.25, -0.2) is 9.97 Å². The van der Waals surface area contributed by atoms with E-state index in [2.05, 4.69) is 24.7 Å². The normalized spacial score (nSPS) is 15.7. The van der Waals surface area contributed by atoms with E-state index in [-0.39, 0.29) is 0 Å². The number of rotatable bonds is 2. The highest BCUT2D eigenvalue weighted by molar-refractivity contribution is 5.51. The molecule has 0 aliphatic heterocycles. The summed E-state index contributed by atoms with van der Waals surface area (Å²) < 4.78 is 2.10. The van der Waals surface area contributed by atoms with Crippen LogP contribution in [-0.2, 0) is 0 Å². The van der Waals surface area contributed by atoms with E-state index < -0.39 is 0 Å². The minimum absolute atomic E-state index is 0.584. The van der Waals surface area contributed by atoms with Crippen LogP contribution < -0.4 is 0 Å². The summed E-state index contributed by atoms with van der Waals surface area (Å²) in [6.07, 6.45) is 9.25. The quantitative estimate of drug-likeness (QED) is 0.705. The Morgan fingerprint density at radius 3 is 2.71 bits per heavy atom. The molecule has 0 aromatic carbocycles. The lowest BCUT2D eigenvalue weighted by Crippen LogP contribution is -1.96. The lowest BCUT2D eigenvalue weighted by Gasteiger charge is -2.02. The molecule has 0 amide bonds. The molecule has 14 heavy (non-hydrogen) atoms. The molecule has 1 fully saturated rings. The van der Waals surface area contributed by atoms with Crippen molar-refractivity contribution < 1.29 is 0 Å². The van der Waals surface area contributed by atoms with E-state index in [9.17, 15) is 0 Å². The first-order valence-corrected chi connectivity index (χ1v) is 4.60. The molecule has 0 unspecified atom stereocenters. The lowest BCUT2D eigenvalue weighted by molar-refractivity contribution is 0.745. The fourth-order valence-electron chi connectivity index (χ4n) is 1.48. The van der Waals surface area contributed by atoms with Gasteiger partial charge in [0.2, 0.25) is 0 Å². The Bertz CT molecular complexity index is 431. The van der Waals surface area contributed by atoms with Gasteiger partial charge in [0.25, 0.3) is 0 Å². The maximum atomic E-state index is 4.08. The monoisotopic (exact) mass is 187 g/mol. The van der Waals surface area contributed by atoms with Crippen LogP contribution in [0.1, 0.15) is 18.9 Å². The number of aromatic nitrogens is 5. The van der Waals surface area contributed by atoms with Gasteiger partial charge in [0.15, 0.2) is 5.82 Å². The van der Waals surface area contributed by atoms with Crippen molar-refractivity contribution in [2.45, 2.75) is 18.9 Å². The van der Waals surface area contributed by atoms with Crippen molar-refractivity contribution in [2.24, 2.45) is 0 Å². The van der Waals surface area contributed by atoms with Crippen molar-refractivity contribution in [3.63, 3.8) is 0 Å². The molecule has 0 N–H and O–H groups in total. The molecule has 5 heteroatoms. The second-order valence-electron chi connectivity index (χ2n) is 3.42. The van der Waals surface area contributed by atoms with Gasteiger partial charge in [-0.15, -0.1) is 10.2 Å². The fourth-order valence-corrected chi connectivity index (χ4v) is 1.48. The van der Waals surface area contributed by atoms with Crippen LogP contribution in [0.25, 0.3) is 11.4 Å². The SMILES string of the molecule is c1ncc(-c2nncn2C2CC2)cn1. The Labute approximate surface area is 80.8 Å². The van der Waals surface area contributed by atoms with Gasteiger partial charge in [-0.2, -0.15) is 0 Å². The maximum Gasteiger partial charge on any atom is 0.167 e. The molecule has 3 rings (SSSR count). The largest absolute Gasteiger partial charge is 0.310 e. The zero-order valence-corrected chi connectivity index (χ0v) is 7.54. The summed E-state index contributed by atoms with van der Waals surface area (Å²) in [6, 6.07) is 0.584. The van der Waals surface area contributed by atoms with Crippen LogP contribution in [-0.4, -0.2) is 24.7 Å². The van der Waals surface area contributed by atoms with Crippen molar-refractivity contribution in [3.8, 4) is 11.4 Å². The van der Waals surface area contributed by atoms with Gasteiger partial charge in [0, 0.05) is 18.4 Å². The molecule has 0 radical (unpaired) electrons. The Morgan fingerprint density at radius 1 is 1.21 bits per heavy atom. The topological polar surface area (TPSA) is 56.5 Å². The van der Waals surface area contributed by atoms with Gasteiger partial charge in [-0.1, -0.05) is 0 Å². The molecule has 0 spiro atoms. The molecular formula is C9H9N5. The summed E-state index contributed by atoms with van der Waals surface area (Å²) in [4.78, 5) is 7.94. The van der Waals surface area contributed by atoms with Gasteiger partial charge in [0.05, 0.1) is 5.56 Å². The van der Waals surface area contributed by atoms with Crippen molar-refractivity contribution in [2.75, 3.05) is 0 Å². The molecule has 1 aliphatic rings. The van der Waals surface area contributed by atoms with Crippen molar-refractivity contribution in [1.82, 2.24) is 24.7 Å². The van der Waals surface area contributed by atoms with Gasteiger partial charge >= 0.3 is 0 Å². The second kappa shape index (κ2) is 2.87. The molecule has 0 atom stereocenters. The van der Waals surface area contributed by atoms with E-state index in [4.69, 9.17) is 0 Å². The molecule has 0 saturated heterocycles. The van der Waals surface area contributed by atoms with Crippen molar-refractivity contribution in [3.05, 3.63) is 25.0 Å². The van der Waals surface area contributed by atoms with Crippen LogP contribution in [0, 0.1) is 0 Å². The van der Waals surface area contributed by atoms with E-state index in [0.29, 0.717) is 6.04 Å². The second-order valence-corrected chi connectivity index (χ2v) is 3.42. The first kappa shape index (κ1) is 7.61.